The minimum absolute atomic E-state index is 0.132. The summed E-state index contributed by atoms with van der Waals surface area (Å²) in [6.07, 6.45) is 1.38. The van der Waals surface area contributed by atoms with E-state index in [1.54, 1.807) is 0 Å². The normalized spacial score (nSPS) is 18.4. The maximum Gasteiger partial charge on any atom is 0.119 e. The number of benzene rings is 1. The molecule has 0 spiro atoms. The summed E-state index contributed by atoms with van der Waals surface area (Å²) in [7, 11) is 0. The molecular formula is C13H18BrNO3. The minimum atomic E-state index is -0.572. The van der Waals surface area contributed by atoms with Crippen molar-refractivity contribution in [2.45, 2.75) is 24.5 Å². The lowest BCUT2D eigenvalue weighted by Gasteiger charge is -2.18. The van der Waals surface area contributed by atoms with Crippen LogP contribution in [0.25, 0.3) is 0 Å². The monoisotopic (exact) mass is 315 g/mol. The van der Waals surface area contributed by atoms with Crippen molar-refractivity contribution in [3.8, 4) is 5.75 Å². The lowest BCUT2D eigenvalue weighted by molar-refractivity contribution is 0.0979. The van der Waals surface area contributed by atoms with Crippen LogP contribution in [0.1, 0.15) is 12.8 Å². The highest BCUT2D eigenvalue weighted by Gasteiger charge is 2.41. The highest BCUT2D eigenvalue weighted by atomic mass is 79.9. The number of nitrogens with one attached hydrogen (secondary N) is 1. The van der Waals surface area contributed by atoms with Gasteiger partial charge in [0, 0.05) is 16.6 Å². The Hall–Kier alpha value is -0.620. The van der Waals surface area contributed by atoms with Crippen molar-refractivity contribution < 1.29 is 14.9 Å². The third kappa shape index (κ3) is 3.95. The average Bonchev–Trinajstić information content (AvgIpc) is 3.16. The molecule has 0 amide bonds. The minimum Gasteiger partial charge on any atom is -0.491 e. The first kappa shape index (κ1) is 13.8. The fourth-order valence-electron chi connectivity index (χ4n) is 1.66. The molecule has 3 N–H and O–H groups in total. The summed E-state index contributed by atoms with van der Waals surface area (Å²) in [4.78, 5) is 0. The number of aliphatic hydroxyl groups is 2. The van der Waals surface area contributed by atoms with E-state index in [0.717, 1.165) is 23.1 Å². The largest absolute Gasteiger partial charge is 0.491 e. The van der Waals surface area contributed by atoms with Gasteiger partial charge in [-0.05, 0) is 37.1 Å². The zero-order chi connectivity index (χ0) is 13.0. The average molecular weight is 316 g/mol. The molecule has 0 bridgehead atoms. The van der Waals surface area contributed by atoms with E-state index in [2.05, 4.69) is 21.2 Å². The van der Waals surface area contributed by atoms with Crippen LogP contribution < -0.4 is 10.1 Å². The summed E-state index contributed by atoms with van der Waals surface area (Å²) < 4.78 is 6.46. The summed E-state index contributed by atoms with van der Waals surface area (Å²) in [5, 5.41) is 22.1. The second kappa shape index (κ2) is 6.02. The quantitative estimate of drug-likeness (QED) is 0.710. The molecule has 1 saturated carbocycles. The molecule has 0 aromatic heterocycles. The van der Waals surface area contributed by atoms with E-state index in [-0.39, 0.29) is 18.8 Å². The second-order valence-electron chi connectivity index (χ2n) is 4.74. The lowest BCUT2D eigenvalue weighted by atomic mass is 10.2. The van der Waals surface area contributed by atoms with E-state index in [1.165, 1.54) is 0 Å². The molecule has 1 unspecified atom stereocenters. The highest BCUT2D eigenvalue weighted by Crippen LogP contribution is 2.34. The Bertz CT molecular complexity index is 378. The van der Waals surface area contributed by atoms with Gasteiger partial charge in [-0.15, -0.1) is 0 Å². The molecule has 1 atom stereocenters. The van der Waals surface area contributed by atoms with E-state index < -0.39 is 6.10 Å². The van der Waals surface area contributed by atoms with Gasteiger partial charge in [0.2, 0.25) is 0 Å². The molecule has 0 aliphatic heterocycles. The first-order chi connectivity index (χ1) is 8.63. The van der Waals surface area contributed by atoms with Crippen LogP contribution in [0.3, 0.4) is 0 Å². The SMILES string of the molecule is OCC1(NCC(O)COc2ccc(Br)cc2)CC1. The number of aliphatic hydroxyl groups excluding tert-OH is 2. The number of rotatable bonds is 7. The van der Waals surface area contributed by atoms with Crippen molar-refractivity contribution in [2.24, 2.45) is 0 Å². The van der Waals surface area contributed by atoms with Crippen LogP contribution in [0.4, 0.5) is 0 Å². The van der Waals surface area contributed by atoms with Crippen molar-refractivity contribution in [3.63, 3.8) is 0 Å². The molecule has 1 aliphatic carbocycles. The molecule has 18 heavy (non-hydrogen) atoms. The van der Waals surface area contributed by atoms with Crippen LogP contribution in [0.15, 0.2) is 28.7 Å². The summed E-state index contributed by atoms with van der Waals surface area (Å²) in [5.74, 6) is 0.737. The van der Waals surface area contributed by atoms with Crippen molar-refractivity contribution in [2.75, 3.05) is 19.8 Å². The van der Waals surface area contributed by atoms with Crippen LogP contribution in [-0.2, 0) is 0 Å². The van der Waals surface area contributed by atoms with E-state index in [9.17, 15) is 5.11 Å². The molecule has 1 fully saturated rings. The topological polar surface area (TPSA) is 61.7 Å². The summed E-state index contributed by atoms with van der Waals surface area (Å²) >= 11 is 3.35. The van der Waals surface area contributed by atoms with E-state index in [4.69, 9.17) is 9.84 Å². The summed E-state index contributed by atoms with van der Waals surface area (Å²) in [6, 6.07) is 7.48. The number of ether oxygens (including phenoxy) is 1. The van der Waals surface area contributed by atoms with Gasteiger partial charge in [-0.3, -0.25) is 0 Å². The molecule has 5 heteroatoms. The first-order valence-electron chi connectivity index (χ1n) is 6.06. The molecule has 1 aromatic carbocycles. The van der Waals surface area contributed by atoms with Crippen molar-refractivity contribution in [3.05, 3.63) is 28.7 Å². The highest BCUT2D eigenvalue weighted by molar-refractivity contribution is 9.10. The number of hydrogen-bond acceptors (Lipinski definition) is 4. The van der Waals surface area contributed by atoms with Gasteiger partial charge >= 0.3 is 0 Å². The molecule has 1 aliphatic rings. The van der Waals surface area contributed by atoms with E-state index in [0.29, 0.717) is 6.54 Å². The smallest absolute Gasteiger partial charge is 0.119 e. The summed E-state index contributed by atoms with van der Waals surface area (Å²) in [5.41, 5.74) is -0.140. The van der Waals surface area contributed by atoms with Crippen molar-refractivity contribution in [1.29, 1.82) is 0 Å². The maximum atomic E-state index is 9.77. The first-order valence-corrected chi connectivity index (χ1v) is 6.85. The molecule has 1 aromatic rings. The fourth-order valence-corrected chi connectivity index (χ4v) is 1.92. The second-order valence-corrected chi connectivity index (χ2v) is 5.65. The molecule has 0 heterocycles. The van der Waals surface area contributed by atoms with Gasteiger partial charge in [0.05, 0.1) is 6.61 Å². The predicted molar refractivity (Wildman–Crippen MR) is 72.7 cm³/mol. The zero-order valence-corrected chi connectivity index (χ0v) is 11.7. The predicted octanol–water partition coefficient (Wildman–Crippen LogP) is 1.30. The van der Waals surface area contributed by atoms with Gasteiger partial charge in [0.1, 0.15) is 18.5 Å². The van der Waals surface area contributed by atoms with Crippen LogP contribution in [-0.4, -0.2) is 41.6 Å². The Balaban J connectivity index is 1.68. The number of halogens is 1. The Morgan fingerprint density at radius 3 is 2.56 bits per heavy atom. The van der Waals surface area contributed by atoms with Crippen LogP contribution in [0.2, 0.25) is 0 Å². The molecule has 4 nitrogen and oxygen atoms in total. The van der Waals surface area contributed by atoms with Crippen LogP contribution in [0.5, 0.6) is 5.75 Å². The van der Waals surface area contributed by atoms with Gasteiger partial charge < -0.3 is 20.3 Å². The third-order valence-corrected chi connectivity index (χ3v) is 3.65. The maximum absolute atomic E-state index is 9.77. The van der Waals surface area contributed by atoms with E-state index in [1.807, 2.05) is 24.3 Å². The number of β-amino-alcohol motifs (C(OH)–C–C–N with tert-alkyl or cyclic N) is 1. The fraction of sp³-hybridized carbons (Fsp3) is 0.538. The Morgan fingerprint density at radius 2 is 2.00 bits per heavy atom. The Labute approximate surface area is 115 Å². The van der Waals surface area contributed by atoms with Gasteiger partial charge in [0.15, 0.2) is 0 Å². The Morgan fingerprint density at radius 1 is 1.33 bits per heavy atom. The van der Waals surface area contributed by atoms with Gasteiger partial charge in [-0.1, -0.05) is 15.9 Å². The lowest BCUT2D eigenvalue weighted by Crippen LogP contribution is -2.41. The van der Waals surface area contributed by atoms with Crippen LogP contribution >= 0.6 is 15.9 Å². The van der Waals surface area contributed by atoms with Crippen LogP contribution in [0, 0.1) is 0 Å². The van der Waals surface area contributed by atoms with Gasteiger partial charge in [-0.2, -0.15) is 0 Å². The molecule has 2 rings (SSSR count). The molecule has 100 valence electrons. The summed E-state index contributed by atoms with van der Waals surface area (Å²) in [6.45, 7) is 0.820. The van der Waals surface area contributed by atoms with Crippen molar-refractivity contribution >= 4 is 15.9 Å². The third-order valence-electron chi connectivity index (χ3n) is 3.12. The van der Waals surface area contributed by atoms with Gasteiger partial charge in [-0.25, -0.2) is 0 Å². The van der Waals surface area contributed by atoms with Gasteiger partial charge in [0.25, 0.3) is 0 Å². The standard InChI is InChI=1S/C13H18BrNO3/c14-10-1-3-12(4-2-10)18-8-11(17)7-15-13(9-16)5-6-13/h1-4,11,15-17H,5-9H2. The van der Waals surface area contributed by atoms with Crippen molar-refractivity contribution in [1.82, 2.24) is 5.32 Å². The van der Waals surface area contributed by atoms with E-state index >= 15 is 0 Å². The zero-order valence-electron chi connectivity index (χ0n) is 10.1. The molecular weight excluding hydrogens is 298 g/mol. The molecule has 0 radical (unpaired) electrons. The Kier molecular flexibility index (Phi) is 4.61. The molecule has 0 saturated heterocycles. The number of hydrogen-bond donors (Lipinski definition) is 3.